The molecule has 0 bridgehead atoms. The number of carbonyl (C=O) groups is 1. The van der Waals surface area contributed by atoms with E-state index in [-0.39, 0.29) is 11.8 Å². The van der Waals surface area contributed by atoms with Crippen molar-refractivity contribution in [3.63, 3.8) is 0 Å². The lowest BCUT2D eigenvalue weighted by molar-refractivity contribution is -0.124. The van der Waals surface area contributed by atoms with Gasteiger partial charge in [-0.1, -0.05) is 15.9 Å². The normalized spacial score (nSPS) is 19.7. The fourth-order valence-corrected chi connectivity index (χ4v) is 2.75. The third kappa shape index (κ3) is 2.77. The van der Waals surface area contributed by atoms with Crippen LogP contribution in [0.5, 0.6) is 0 Å². The Labute approximate surface area is 116 Å². The third-order valence-corrected chi connectivity index (χ3v) is 3.87. The number of anilines is 2. The number of halogens is 1. The summed E-state index contributed by atoms with van der Waals surface area (Å²) in [4.78, 5) is 13.9. The van der Waals surface area contributed by atoms with E-state index in [0.29, 0.717) is 0 Å². The van der Waals surface area contributed by atoms with E-state index < -0.39 is 0 Å². The van der Waals surface area contributed by atoms with Crippen molar-refractivity contribution in [3.8, 4) is 0 Å². The predicted molar refractivity (Wildman–Crippen MR) is 77.6 cm³/mol. The number of carbonyl (C=O) groups excluding carboxylic acids is 1. The molecular formula is C13H18BrN3O. The van der Waals surface area contributed by atoms with Crippen LogP contribution in [-0.4, -0.2) is 26.0 Å². The van der Waals surface area contributed by atoms with E-state index in [1.54, 1.807) is 7.05 Å². The molecule has 2 rings (SSSR count). The minimum atomic E-state index is 0.0575. The molecule has 0 aliphatic carbocycles. The number of hydrogen-bond donors (Lipinski definition) is 2. The summed E-state index contributed by atoms with van der Waals surface area (Å²) in [6, 6.07) is 5.84. The second kappa shape index (κ2) is 5.61. The first-order valence-corrected chi connectivity index (χ1v) is 6.92. The van der Waals surface area contributed by atoms with Crippen LogP contribution in [0.15, 0.2) is 22.7 Å². The number of benzene rings is 1. The van der Waals surface area contributed by atoms with Crippen molar-refractivity contribution in [2.24, 2.45) is 5.92 Å². The zero-order valence-electron chi connectivity index (χ0n) is 10.4. The van der Waals surface area contributed by atoms with Gasteiger partial charge in [0.05, 0.1) is 17.3 Å². The van der Waals surface area contributed by atoms with Gasteiger partial charge in [0, 0.05) is 24.6 Å². The number of amides is 1. The third-order valence-electron chi connectivity index (χ3n) is 3.37. The molecule has 1 fully saturated rings. The van der Waals surface area contributed by atoms with Gasteiger partial charge in [0.1, 0.15) is 0 Å². The summed E-state index contributed by atoms with van der Waals surface area (Å²) in [6.07, 6.45) is 1.97. The monoisotopic (exact) mass is 311 g/mol. The lowest BCUT2D eigenvalue weighted by Crippen LogP contribution is -2.42. The van der Waals surface area contributed by atoms with E-state index in [2.05, 4.69) is 26.1 Å². The van der Waals surface area contributed by atoms with Crippen LogP contribution in [0.2, 0.25) is 0 Å². The van der Waals surface area contributed by atoms with E-state index in [1.807, 2.05) is 18.2 Å². The highest BCUT2D eigenvalue weighted by molar-refractivity contribution is 9.10. The first-order chi connectivity index (χ1) is 8.61. The van der Waals surface area contributed by atoms with Crippen LogP contribution in [0.3, 0.4) is 0 Å². The largest absolute Gasteiger partial charge is 0.397 e. The van der Waals surface area contributed by atoms with E-state index in [1.165, 1.54) is 0 Å². The molecule has 1 aliphatic rings. The minimum absolute atomic E-state index is 0.0575. The number of nitrogen functional groups attached to an aromatic ring is 1. The Bertz CT molecular complexity index is 450. The molecule has 4 nitrogen and oxygen atoms in total. The zero-order chi connectivity index (χ0) is 13.1. The van der Waals surface area contributed by atoms with Gasteiger partial charge in [-0.25, -0.2) is 0 Å². The van der Waals surface area contributed by atoms with Crippen molar-refractivity contribution in [1.82, 2.24) is 5.32 Å². The van der Waals surface area contributed by atoms with Crippen LogP contribution in [0.4, 0.5) is 11.4 Å². The SMILES string of the molecule is CNC(=O)C1CCCN(c2cc(Br)ccc2N)C1. The molecule has 0 radical (unpaired) electrons. The molecule has 1 aromatic carbocycles. The first kappa shape index (κ1) is 13.2. The van der Waals surface area contributed by atoms with Crippen molar-refractivity contribution in [2.45, 2.75) is 12.8 Å². The van der Waals surface area contributed by atoms with Crippen LogP contribution < -0.4 is 16.0 Å². The summed E-state index contributed by atoms with van der Waals surface area (Å²) in [5.74, 6) is 0.176. The molecule has 98 valence electrons. The Morgan fingerprint density at radius 2 is 2.33 bits per heavy atom. The maximum absolute atomic E-state index is 11.7. The van der Waals surface area contributed by atoms with Crippen molar-refractivity contribution >= 4 is 33.2 Å². The maximum atomic E-state index is 11.7. The van der Waals surface area contributed by atoms with Gasteiger partial charge >= 0.3 is 0 Å². The Hall–Kier alpha value is -1.23. The molecule has 3 N–H and O–H groups in total. The summed E-state index contributed by atoms with van der Waals surface area (Å²) in [6.45, 7) is 1.69. The molecule has 1 saturated heterocycles. The molecule has 1 heterocycles. The molecule has 0 saturated carbocycles. The summed E-state index contributed by atoms with van der Waals surface area (Å²) in [5, 5.41) is 2.73. The molecule has 1 unspecified atom stereocenters. The summed E-state index contributed by atoms with van der Waals surface area (Å²) in [7, 11) is 1.69. The molecule has 5 heteroatoms. The minimum Gasteiger partial charge on any atom is -0.397 e. The van der Waals surface area contributed by atoms with Crippen molar-refractivity contribution < 1.29 is 4.79 Å². The number of nitrogens with zero attached hydrogens (tertiary/aromatic N) is 1. The highest BCUT2D eigenvalue weighted by Gasteiger charge is 2.26. The van der Waals surface area contributed by atoms with Crippen LogP contribution in [0.25, 0.3) is 0 Å². The highest BCUT2D eigenvalue weighted by atomic mass is 79.9. The summed E-state index contributed by atoms with van der Waals surface area (Å²) in [5.41, 5.74) is 7.78. The van der Waals surface area contributed by atoms with E-state index in [4.69, 9.17) is 5.73 Å². The lowest BCUT2D eigenvalue weighted by Gasteiger charge is -2.34. The molecule has 18 heavy (non-hydrogen) atoms. The van der Waals surface area contributed by atoms with E-state index in [0.717, 1.165) is 41.8 Å². The molecule has 0 spiro atoms. The van der Waals surface area contributed by atoms with Gasteiger partial charge in [-0.2, -0.15) is 0 Å². The van der Waals surface area contributed by atoms with Gasteiger partial charge in [0.2, 0.25) is 5.91 Å². The number of nitrogens with two attached hydrogens (primary N) is 1. The molecule has 1 atom stereocenters. The van der Waals surface area contributed by atoms with E-state index >= 15 is 0 Å². The number of nitrogens with one attached hydrogen (secondary N) is 1. The number of rotatable bonds is 2. The van der Waals surface area contributed by atoms with Crippen LogP contribution in [0.1, 0.15) is 12.8 Å². The molecular weight excluding hydrogens is 294 g/mol. The van der Waals surface area contributed by atoms with Gasteiger partial charge in [-0.3, -0.25) is 4.79 Å². The fourth-order valence-electron chi connectivity index (χ4n) is 2.40. The average Bonchev–Trinajstić information content (AvgIpc) is 2.40. The molecule has 0 aromatic heterocycles. The summed E-state index contributed by atoms with van der Waals surface area (Å²) >= 11 is 3.46. The van der Waals surface area contributed by atoms with E-state index in [9.17, 15) is 4.79 Å². The molecule has 1 amide bonds. The number of piperidine rings is 1. The molecule has 1 aromatic rings. The Morgan fingerprint density at radius 3 is 3.06 bits per heavy atom. The van der Waals surface area contributed by atoms with Crippen molar-refractivity contribution in [3.05, 3.63) is 22.7 Å². The molecule has 1 aliphatic heterocycles. The lowest BCUT2D eigenvalue weighted by atomic mass is 9.96. The first-order valence-electron chi connectivity index (χ1n) is 6.13. The van der Waals surface area contributed by atoms with Crippen LogP contribution in [0, 0.1) is 5.92 Å². The summed E-state index contributed by atoms with van der Waals surface area (Å²) < 4.78 is 1.01. The Balaban J connectivity index is 2.18. The van der Waals surface area contributed by atoms with Gasteiger partial charge in [-0.05, 0) is 31.0 Å². The number of hydrogen-bond acceptors (Lipinski definition) is 3. The topological polar surface area (TPSA) is 58.4 Å². The standard InChI is InChI=1S/C13H18BrN3O/c1-16-13(18)9-3-2-6-17(8-9)12-7-10(14)4-5-11(12)15/h4-5,7,9H,2-3,6,8,15H2,1H3,(H,16,18). The van der Waals surface area contributed by atoms with Crippen LogP contribution in [-0.2, 0) is 4.79 Å². The Morgan fingerprint density at radius 1 is 1.56 bits per heavy atom. The van der Waals surface area contributed by atoms with Crippen molar-refractivity contribution in [2.75, 3.05) is 30.8 Å². The second-order valence-corrected chi connectivity index (χ2v) is 5.52. The van der Waals surface area contributed by atoms with Gasteiger partial charge in [-0.15, -0.1) is 0 Å². The van der Waals surface area contributed by atoms with Crippen molar-refractivity contribution in [1.29, 1.82) is 0 Å². The zero-order valence-corrected chi connectivity index (χ0v) is 12.0. The van der Waals surface area contributed by atoms with Crippen LogP contribution >= 0.6 is 15.9 Å². The maximum Gasteiger partial charge on any atom is 0.224 e. The van der Waals surface area contributed by atoms with Gasteiger partial charge in [0.15, 0.2) is 0 Å². The second-order valence-electron chi connectivity index (χ2n) is 4.60. The Kier molecular flexibility index (Phi) is 4.11. The smallest absolute Gasteiger partial charge is 0.224 e. The quantitative estimate of drug-likeness (QED) is 0.821. The van der Waals surface area contributed by atoms with Gasteiger partial charge in [0.25, 0.3) is 0 Å². The predicted octanol–water partition coefficient (Wildman–Crippen LogP) is 1.99. The van der Waals surface area contributed by atoms with Gasteiger partial charge < -0.3 is 16.0 Å². The average molecular weight is 312 g/mol. The highest BCUT2D eigenvalue weighted by Crippen LogP contribution is 2.30. The fraction of sp³-hybridized carbons (Fsp3) is 0.462.